The molecule has 2 aromatic rings. The van der Waals surface area contributed by atoms with Gasteiger partial charge in [0.25, 0.3) is 0 Å². The third-order valence-electron chi connectivity index (χ3n) is 6.31. The summed E-state index contributed by atoms with van der Waals surface area (Å²) in [5.41, 5.74) is 1.24. The zero-order chi connectivity index (χ0) is 23.6. The van der Waals surface area contributed by atoms with Crippen molar-refractivity contribution < 1.29 is 9.59 Å². The van der Waals surface area contributed by atoms with Gasteiger partial charge in [-0.15, -0.1) is 11.3 Å². The molecule has 2 atom stereocenters. The average molecular weight is 472 g/mol. The number of carbonyl (C=O) groups is 2. The van der Waals surface area contributed by atoms with Gasteiger partial charge in [-0.2, -0.15) is 0 Å². The molecule has 1 aromatic carbocycles. The molecule has 2 amide bonds. The van der Waals surface area contributed by atoms with Gasteiger partial charge in [0.15, 0.2) is 0 Å². The van der Waals surface area contributed by atoms with Gasteiger partial charge in [0.05, 0.1) is 6.04 Å². The molecule has 0 aliphatic carbocycles. The summed E-state index contributed by atoms with van der Waals surface area (Å²) in [5, 5.41) is 7.78. The summed E-state index contributed by atoms with van der Waals surface area (Å²) in [6, 6.07) is 14.5. The highest BCUT2D eigenvalue weighted by Gasteiger charge is 2.31. The Morgan fingerprint density at radius 2 is 1.70 bits per heavy atom. The van der Waals surface area contributed by atoms with Crippen molar-refractivity contribution >= 4 is 28.8 Å². The Balaban J connectivity index is 1.57. The molecule has 0 saturated carbocycles. The number of rotatable bonds is 10. The third kappa shape index (κ3) is 7.03. The van der Waals surface area contributed by atoms with E-state index in [-0.39, 0.29) is 12.1 Å². The van der Waals surface area contributed by atoms with E-state index in [0.717, 1.165) is 45.8 Å². The Morgan fingerprint density at radius 3 is 2.30 bits per heavy atom. The van der Waals surface area contributed by atoms with Crippen molar-refractivity contribution in [3.8, 4) is 0 Å². The predicted molar refractivity (Wildman–Crippen MR) is 136 cm³/mol. The Morgan fingerprint density at radius 1 is 1.00 bits per heavy atom. The predicted octanol–water partition coefficient (Wildman–Crippen LogP) is 2.57. The highest BCUT2D eigenvalue weighted by atomic mass is 32.1. The molecular weight excluding hydrogens is 434 g/mol. The number of amides is 2. The number of thiophene rings is 1. The lowest BCUT2D eigenvalue weighted by molar-refractivity contribution is -0.139. The maximum Gasteiger partial charge on any atom is 0.309 e. The minimum Gasteiger partial charge on any atom is -0.369 e. The minimum atomic E-state index is -0.563. The van der Waals surface area contributed by atoms with Crippen molar-refractivity contribution in [3.63, 3.8) is 0 Å². The molecule has 3 rings (SSSR count). The van der Waals surface area contributed by atoms with Crippen molar-refractivity contribution in [2.45, 2.75) is 32.9 Å². The summed E-state index contributed by atoms with van der Waals surface area (Å²) < 4.78 is 0. The molecule has 1 saturated heterocycles. The van der Waals surface area contributed by atoms with Crippen LogP contribution in [0.4, 0.5) is 5.69 Å². The fraction of sp³-hybridized carbons (Fsp3) is 0.520. The molecule has 180 valence electrons. The molecule has 7 nitrogen and oxygen atoms in total. The lowest BCUT2D eigenvalue weighted by Crippen LogP contribution is -2.54. The summed E-state index contributed by atoms with van der Waals surface area (Å²) >= 11 is 1.70. The first-order valence-corrected chi connectivity index (χ1v) is 12.8. The molecule has 1 aliphatic heterocycles. The fourth-order valence-corrected chi connectivity index (χ4v) is 5.36. The Kier molecular flexibility index (Phi) is 9.72. The van der Waals surface area contributed by atoms with Crippen LogP contribution in [0.15, 0.2) is 47.8 Å². The van der Waals surface area contributed by atoms with Crippen LogP contribution in [0.2, 0.25) is 0 Å². The third-order valence-corrected chi connectivity index (χ3v) is 7.25. The monoisotopic (exact) mass is 471 g/mol. The summed E-state index contributed by atoms with van der Waals surface area (Å²) in [7, 11) is 0. The molecule has 2 heterocycles. The number of hydrogen-bond donors (Lipinski definition) is 2. The van der Waals surface area contributed by atoms with Crippen LogP contribution < -0.4 is 15.5 Å². The Bertz CT molecular complexity index is 849. The molecule has 1 aromatic heterocycles. The van der Waals surface area contributed by atoms with Gasteiger partial charge < -0.3 is 20.4 Å². The SMILES string of the molecule is CCN(CC)CCNC(=O)C(=O)N[C@@H](C)[C@@H](c1cccs1)N1CCN(c2ccccc2)CC1. The second-order valence-corrected chi connectivity index (χ2v) is 9.34. The first kappa shape index (κ1) is 25.2. The van der Waals surface area contributed by atoms with Gasteiger partial charge in [-0.1, -0.05) is 38.1 Å². The normalized spacial score (nSPS) is 16.4. The lowest BCUT2D eigenvalue weighted by atomic mass is 10.0. The van der Waals surface area contributed by atoms with Crippen LogP contribution in [0.25, 0.3) is 0 Å². The summed E-state index contributed by atoms with van der Waals surface area (Å²) in [4.78, 5) is 33.2. The van der Waals surface area contributed by atoms with E-state index in [2.05, 4.69) is 74.9 Å². The number of hydrogen-bond acceptors (Lipinski definition) is 6. The molecule has 2 N–H and O–H groups in total. The van der Waals surface area contributed by atoms with Crippen molar-refractivity contribution in [2.75, 3.05) is 57.3 Å². The first-order valence-electron chi connectivity index (χ1n) is 11.9. The largest absolute Gasteiger partial charge is 0.369 e. The van der Waals surface area contributed by atoms with Crippen molar-refractivity contribution in [1.82, 2.24) is 20.4 Å². The summed E-state index contributed by atoms with van der Waals surface area (Å²) in [6.07, 6.45) is 0. The number of likely N-dealkylation sites (N-methyl/N-ethyl adjacent to an activating group) is 1. The summed E-state index contributed by atoms with van der Waals surface area (Å²) in [6.45, 7) is 12.9. The molecule has 33 heavy (non-hydrogen) atoms. The molecule has 0 unspecified atom stereocenters. The Labute approximate surface area is 201 Å². The van der Waals surface area contributed by atoms with Crippen LogP contribution in [0.1, 0.15) is 31.7 Å². The molecule has 0 radical (unpaired) electrons. The highest BCUT2D eigenvalue weighted by molar-refractivity contribution is 7.10. The van der Waals surface area contributed by atoms with Crippen LogP contribution in [0.3, 0.4) is 0 Å². The molecular formula is C25H37N5O2S. The first-order chi connectivity index (χ1) is 16.0. The molecule has 1 aliphatic rings. The molecule has 1 fully saturated rings. The number of carbonyl (C=O) groups excluding carboxylic acids is 2. The minimum absolute atomic E-state index is 0.0374. The zero-order valence-corrected chi connectivity index (χ0v) is 20.8. The average Bonchev–Trinajstić information content (AvgIpc) is 3.37. The van der Waals surface area contributed by atoms with Crippen LogP contribution in [-0.2, 0) is 9.59 Å². The highest BCUT2D eigenvalue weighted by Crippen LogP contribution is 2.30. The van der Waals surface area contributed by atoms with Crippen LogP contribution in [0.5, 0.6) is 0 Å². The number of para-hydroxylation sites is 1. The van der Waals surface area contributed by atoms with Crippen molar-refractivity contribution in [2.24, 2.45) is 0 Å². The van der Waals surface area contributed by atoms with E-state index < -0.39 is 11.8 Å². The summed E-state index contributed by atoms with van der Waals surface area (Å²) in [5.74, 6) is -1.13. The molecule has 0 spiro atoms. The van der Waals surface area contributed by atoms with E-state index in [1.807, 2.05) is 19.1 Å². The maximum absolute atomic E-state index is 12.6. The number of anilines is 1. The van der Waals surface area contributed by atoms with Gasteiger partial charge in [0.1, 0.15) is 0 Å². The quantitative estimate of drug-likeness (QED) is 0.522. The van der Waals surface area contributed by atoms with Gasteiger partial charge in [-0.25, -0.2) is 0 Å². The maximum atomic E-state index is 12.6. The van der Waals surface area contributed by atoms with Gasteiger partial charge in [0, 0.05) is 55.9 Å². The van der Waals surface area contributed by atoms with E-state index in [1.165, 1.54) is 10.6 Å². The van der Waals surface area contributed by atoms with E-state index in [0.29, 0.717) is 6.54 Å². The van der Waals surface area contributed by atoms with Gasteiger partial charge in [-0.3, -0.25) is 14.5 Å². The number of piperazine rings is 1. The number of benzene rings is 1. The van der Waals surface area contributed by atoms with E-state index >= 15 is 0 Å². The lowest BCUT2D eigenvalue weighted by Gasteiger charge is -2.42. The van der Waals surface area contributed by atoms with Crippen molar-refractivity contribution in [3.05, 3.63) is 52.7 Å². The van der Waals surface area contributed by atoms with E-state index in [1.54, 1.807) is 11.3 Å². The number of nitrogens with one attached hydrogen (secondary N) is 2. The second-order valence-electron chi connectivity index (χ2n) is 8.36. The van der Waals surface area contributed by atoms with Crippen molar-refractivity contribution in [1.29, 1.82) is 0 Å². The standard InChI is InChI=1S/C25H37N5O2S/c1-4-28(5-2)14-13-26-24(31)25(32)27-20(3)23(22-12-9-19-33-22)30-17-15-29(16-18-30)21-10-7-6-8-11-21/h6-12,19-20,23H,4-5,13-18H2,1-3H3,(H,26,31)(H,27,32)/t20-,23-/m0/s1. The second kappa shape index (κ2) is 12.7. The number of nitrogens with zero attached hydrogens (tertiary/aromatic N) is 3. The van der Waals surface area contributed by atoms with Crippen LogP contribution >= 0.6 is 11.3 Å². The van der Waals surface area contributed by atoms with E-state index in [9.17, 15) is 9.59 Å². The smallest absolute Gasteiger partial charge is 0.309 e. The Hall–Kier alpha value is -2.42. The zero-order valence-electron chi connectivity index (χ0n) is 20.0. The van der Waals surface area contributed by atoms with Gasteiger partial charge in [-0.05, 0) is 43.6 Å². The fourth-order valence-electron chi connectivity index (χ4n) is 4.40. The topological polar surface area (TPSA) is 67.9 Å². The van der Waals surface area contributed by atoms with E-state index in [4.69, 9.17) is 0 Å². The van der Waals surface area contributed by atoms with Crippen LogP contribution in [0, 0.1) is 0 Å². The van der Waals surface area contributed by atoms with Crippen LogP contribution in [-0.4, -0.2) is 80.0 Å². The molecule has 0 bridgehead atoms. The van der Waals surface area contributed by atoms with Gasteiger partial charge >= 0.3 is 11.8 Å². The van der Waals surface area contributed by atoms with Gasteiger partial charge in [0.2, 0.25) is 0 Å². The molecule has 8 heteroatoms.